The summed E-state index contributed by atoms with van der Waals surface area (Å²) in [6, 6.07) is 0.0704. The van der Waals surface area contributed by atoms with Gasteiger partial charge in [-0.25, -0.2) is 13.1 Å². The highest BCUT2D eigenvalue weighted by molar-refractivity contribution is 7.89. The molecule has 2 fully saturated rings. The van der Waals surface area contributed by atoms with Gasteiger partial charge in [0.2, 0.25) is 10.0 Å². The third-order valence-electron chi connectivity index (χ3n) is 3.12. The van der Waals surface area contributed by atoms with Crippen molar-refractivity contribution in [2.24, 2.45) is 5.92 Å². The van der Waals surface area contributed by atoms with Gasteiger partial charge >= 0.3 is 0 Å². The van der Waals surface area contributed by atoms with E-state index in [1.807, 2.05) is 0 Å². The second-order valence-electron chi connectivity index (χ2n) is 4.67. The highest BCUT2D eigenvalue weighted by atomic mass is 32.2. The Kier molecular flexibility index (Phi) is 4.18. The molecule has 0 radical (unpaired) electrons. The first-order valence-electron chi connectivity index (χ1n) is 5.94. The monoisotopic (exact) mass is 248 g/mol. The summed E-state index contributed by atoms with van der Waals surface area (Å²) in [6.07, 6.45) is 2.84. The van der Waals surface area contributed by atoms with E-state index in [0.717, 1.165) is 32.4 Å². The van der Waals surface area contributed by atoms with E-state index in [9.17, 15) is 8.42 Å². The number of piperidine rings is 1. The van der Waals surface area contributed by atoms with Crippen molar-refractivity contribution in [3.05, 3.63) is 0 Å². The van der Waals surface area contributed by atoms with Gasteiger partial charge in [0.15, 0.2) is 0 Å². The van der Waals surface area contributed by atoms with Crippen LogP contribution in [0.3, 0.4) is 0 Å². The molecule has 0 spiro atoms. The molecular formula is C10H20N2O3S. The number of rotatable bonds is 4. The largest absolute Gasteiger partial charge is 0.381 e. The van der Waals surface area contributed by atoms with Crippen molar-refractivity contribution in [2.45, 2.75) is 25.3 Å². The Labute approximate surface area is 97.0 Å². The van der Waals surface area contributed by atoms with Gasteiger partial charge in [0.1, 0.15) is 0 Å². The van der Waals surface area contributed by atoms with E-state index in [-0.39, 0.29) is 17.7 Å². The van der Waals surface area contributed by atoms with Crippen LogP contribution in [0.25, 0.3) is 0 Å². The highest BCUT2D eigenvalue weighted by Gasteiger charge is 2.25. The van der Waals surface area contributed by atoms with Gasteiger partial charge in [0, 0.05) is 19.2 Å². The van der Waals surface area contributed by atoms with Gasteiger partial charge in [-0.3, -0.25) is 0 Å². The maximum Gasteiger partial charge on any atom is 0.212 e. The summed E-state index contributed by atoms with van der Waals surface area (Å²) in [4.78, 5) is 0. The summed E-state index contributed by atoms with van der Waals surface area (Å²) in [6.45, 7) is 3.03. The van der Waals surface area contributed by atoms with E-state index in [1.165, 1.54) is 0 Å². The Hall–Kier alpha value is -0.170. The van der Waals surface area contributed by atoms with E-state index in [2.05, 4.69) is 10.0 Å². The second-order valence-corrected chi connectivity index (χ2v) is 6.47. The molecule has 2 N–H and O–H groups in total. The highest BCUT2D eigenvalue weighted by Crippen LogP contribution is 2.14. The summed E-state index contributed by atoms with van der Waals surface area (Å²) in [5.74, 6) is 0.387. The van der Waals surface area contributed by atoms with Gasteiger partial charge in [0.25, 0.3) is 0 Å². The Bertz CT molecular complexity index is 306. The zero-order chi connectivity index (χ0) is 11.4. The lowest BCUT2D eigenvalue weighted by Crippen LogP contribution is -2.46. The predicted octanol–water partition coefficient (Wildman–Crippen LogP) is -0.306. The van der Waals surface area contributed by atoms with Crippen LogP contribution in [0.4, 0.5) is 0 Å². The minimum absolute atomic E-state index is 0.0704. The molecule has 2 atom stereocenters. The standard InChI is InChI=1S/C10H20N2O3S/c13-16(14,8-9-3-5-15-7-9)12-10-2-1-4-11-6-10/h9-12H,1-8H2/t9?,10-/m1/s1. The molecule has 0 aromatic carbocycles. The lowest BCUT2D eigenvalue weighted by molar-refractivity contribution is 0.188. The molecule has 5 nitrogen and oxygen atoms in total. The van der Waals surface area contributed by atoms with Crippen molar-refractivity contribution in [1.29, 1.82) is 0 Å². The lowest BCUT2D eigenvalue weighted by Gasteiger charge is -2.24. The van der Waals surface area contributed by atoms with E-state index in [4.69, 9.17) is 4.74 Å². The molecule has 0 saturated carbocycles. The first-order chi connectivity index (χ1) is 7.66. The van der Waals surface area contributed by atoms with Crippen molar-refractivity contribution in [3.8, 4) is 0 Å². The molecule has 2 saturated heterocycles. The fourth-order valence-electron chi connectivity index (χ4n) is 2.28. The third-order valence-corrected chi connectivity index (χ3v) is 4.72. The topological polar surface area (TPSA) is 67.4 Å². The lowest BCUT2D eigenvalue weighted by atomic mass is 10.1. The fraction of sp³-hybridized carbons (Fsp3) is 1.00. The molecule has 0 aliphatic carbocycles. The molecule has 2 aliphatic heterocycles. The smallest absolute Gasteiger partial charge is 0.212 e. The maximum absolute atomic E-state index is 11.9. The summed E-state index contributed by atoms with van der Waals surface area (Å²) in [5, 5.41) is 3.20. The van der Waals surface area contributed by atoms with Crippen molar-refractivity contribution in [3.63, 3.8) is 0 Å². The number of ether oxygens (including phenoxy) is 1. The van der Waals surface area contributed by atoms with Crippen LogP contribution in [0.2, 0.25) is 0 Å². The zero-order valence-electron chi connectivity index (χ0n) is 9.44. The molecular weight excluding hydrogens is 228 g/mol. The van der Waals surface area contributed by atoms with Crippen LogP contribution in [-0.2, 0) is 14.8 Å². The van der Waals surface area contributed by atoms with Crippen LogP contribution in [0, 0.1) is 5.92 Å². The average Bonchev–Trinajstić information content (AvgIpc) is 2.70. The van der Waals surface area contributed by atoms with Crippen molar-refractivity contribution >= 4 is 10.0 Å². The van der Waals surface area contributed by atoms with E-state index >= 15 is 0 Å². The molecule has 0 aromatic rings. The SMILES string of the molecule is O=S(=O)(CC1CCOC1)N[C@@H]1CCCNC1. The van der Waals surface area contributed by atoms with Crippen LogP contribution < -0.4 is 10.0 Å². The number of sulfonamides is 1. The Morgan fingerprint density at radius 2 is 2.25 bits per heavy atom. The molecule has 2 rings (SSSR count). The summed E-state index contributed by atoms with van der Waals surface area (Å²) in [7, 11) is -3.13. The molecule has 94 valence electrons. The molecule has 0 bridgehead atoms. The molecule has 0 aromatic heterocycles. The average molecular weight is 248 g/mol. The van der Waals surface area contributed by atoms with Crippen LogP contribution >= 0.6 is 0 Å². The van der Waals surface area contributed by atoms with Crippen LogP contribution in [0.15, 0.2) is 0 Å². The van der Waals surface area contributed by atoms with E-state index in [0.29, 0.717) is 13.2 Å². The number of hydrogen-bond acceptors (Lipinski definition) is 4. The third kappa shape index (κ3) is 3.69. The summed E-state index contributed by atoms with van der Waals surface area (Å²) < 4.78 is 31.7. The van der Waals surface area contributed by atoms with Crippen LogP contribution in [0.1, 0.15) is 19.3 Å². The maximum atomic E-state index is 11.9. The Morgan fingerprint density at radius 3 is 2.88 bits per heavy atom. The van der Waals surface area contributed by atoms with Gasteiger partial charge in [-0.05, 0) is 31.7 Å². The molecule has 6 heteroatoms. The molecule has 1 unspecified atom stereocenters. The summed E-state index contributed by atoms with van der Waals surface area (Å²) >= 11 is 0. The first kappa shape index (κ1) is 12.3. The van der Waals surface area contributed by atoms with Crippen LogP contribution in [-0.4, -0.2) is 46.5 Å². The minimum Gasteiger partial charge on any atom is -0.381 e. The fourth-order valence-corrected chi connectivity index (χ4v) is 3.97. The molecule has 16 heavy (non-hydrogen) atoms. The Morgan fingerprint density at radius 1 is 1.38 bits per heavy atom. The normalized spacial score (nSPS) is 31.8. The van der Waals surface area contributed by atoms with Crippen LogP contribution in [0.5, 0.6) is 0 Å². The number of nitrogens with one attached hydrogen (secondary N) is 2. The Balaban J connectivity index is 1.81. The predicted molar refractivity (Wildman–Crippen MR) is 61.7 cm³/mol. The first-order valence-corrected chi connectivity index (χ1v) is 7.59. The van der Waals surface area contributed by atoms with Gasteiger partial charge in [-0.1, -0.05) is 0 Å². The molecule has 2 heterocycles. The van der Waals surface area contributed by atoms with E-state index < -0.39 is 10.0 Å². The van der Waals surface area contributed by atoms with E-state index in [1.54, 1.807) is 0 Å². The zero-order valence-corrected chi connectivity index (χ0v) is 10.3. The van der Waals surface area contributed by atoms with Gasteiger partial charge in [-0.2, -0.15) is 0 Å². The molecule has 0 amide bonds. The minimum atomic E-state index is -3.13. The van der Waals surface area contributed by atoms with Gasteiger partial charge in [0.05, 0.1) is 12.4 Å². The van der Waals surface area contributed by atoms with Gasteiger partial charge in [-0.15, -0.1) is 0 Å². The number of hydrogen-bond donors (Lipinski definition) is 2. The quantitative estimate of drug-likeness (QED) is 0.716. The second kappa shape index (κ2) is 5.44. The van der Waals surface area contributed by atoms with Crippen molar-refractivity contribution < 1.29 is 13.2 Å². The summed E-state index contributed by atoms with van der Waals surface area (Å²) in [5.41, 5.74) is 0. The van der Waals surface area contributed by atoms with Crippen molar-refractivity contribution in [1.82, 2.24) is 10.0 Å². The van der Waals surface area contributed by atoms with Crippen molar-refractivity contribution in [2.75, 3.05) is 32.1 Å². The molecule has 2 aliphatic rings. The van der Waals surface area contributed by atoms with Gasteiger partial charge < -0.3 is 10.1 Å².